The lowest BCUT2D eigenvalue weighted by molar-refractivity contribution is 0.0495. The standard InChI is InChI=1S/C20H29NO2.ClH/c1-3-23-18-11-15-12(10-17(18)22)4-5-14-13(15)8-9-20(2)16(14)6-7-19(20)21;/h10-11,13-14,16,19,22H,3-9,21H2,1-2H3;1H/t13-,14+,16-,19?,20-;/m0./s1. The lowest BCUT2D eigenvalue weighted by Gasteiger charge is -2.50. The van der Waals surface area contributed by atoms with Crippen molar-refractivity contribution in [1.82, 2.24) is 0 Å². The fraction of sp³-hybridized carbons (Fsp3) is 0.700. The van der Waals surface area contributed by atoms with Crippen molar-refractivity contribution < 1.29 is 9.84 Å². The molecule has 0 bridgehead atoms. The molecule has 1 aromatic rings. The third-order valence-electron chi connectivity index (χ3n) is 7.18. The van der Waals surface area contributed by atoms with Gasteiger partial charge in [0, 0.05) is 6.04 Å². The number of phenolic OH excluding ortho intramolecular Hbond substituents is 1. The van der Waals surface area contributed by atoms with Gasteiger partial charge in [0.05, 0.1) is 6.61 Å². The van der Waals surface area contributed by atoms with Crippen LogP contribution in [0.15, 0.2) is 12.1 Å². The summed E-state index contributed by atoms with van der Waals surface area (Å²) in [7, 11) is 0. The van der Waals surface area contributed by atoms with Gasteiger partial charge in [-0.1, -0.05) is 6.92 Å². The van der Waals surface area contributed by atoms with E-state index in [0.29, 0.717) is 35.5 Å². The number of rotatable bonds is 2. The third kappa shape index (κ3) is 2.52. The van der Waals surface area contributed by atoms with Gasteiger partial charge in [-0.25, -0.2) is 0 Å². The van der Waals surface area contributed by atoms with Gasteiger partial charge < -0.3 is 15.6 Å². The van der Waals surface area contributed by atoms with Gasteiger partial charge >= 0.3 is 0 Å². The average molecular weight is 352 g/mol. The molecule has 4 heteroatoms. The molecule has 5 atom stereocenters. The Morgan fingerprint density at radius 1 is 1.25 bits per heavy atom. The average Bonchev–Trinajstić information content (AvgIpc) is 2.84. The molecule has 3 aliphatic carbocycles. The van der Waals surface area contributed by atoms with Gasteiger partial charge in [0.2, 0.25) is 0 Å². The van der Waals surface area contributed by atoms with E-state index < -0.39 is 0 Å². The maximum Gasteiger partial charge on any atom is 0.161 e. The Balaban J connectivity index is 0.00000169. The number of nitrogens with two attached hydrogens (primary N) is 1. The highest BCUT2D eigenvalue weighted by atomic mass is 35.5. The van der Waals surface area contributed by atoms with Crippen LogP contribution < -0.4 is 10.5 Å². The second kappa shape index (κ2) is 6.42. The smallest absolute Gasteiger partial charge is 0.161 e. The van der Waals surface area contributed by atoms with E-state index in [-0.39, 0.29) is 12.4 Å². The lowest BCUT2D eigenvalue weighted by atomic mass is 9.55. The molecule has 0 aliphatic heterocycles. The van der Waals surface area contributed by atoms with E-state index in [4.69, 9.17) is 10.5 Å². The van der Waals surface area contributed by atoms with Crippen molar-refractivity contribution in [2.45, 2.75) is 64.3 Å². The van der Waals surface area contributed by atoms with Crippen LogP contribution in [0.1, 0.15) is 63.0 Å². The number of hydrogen-bond donors (Lipinski definition) is 2. The van der Waals surface area contributed by atoms with E-state index >= 15 is 0 Å². The molecular weight excluding hydrogens is 322 g/mol. The van der Waals surface area contributed by atoms with Gasteiger partial charge in [-0.2, -0.15) is 0 Å². The van der Waals surface area contributed by atoms with Gasteiger partial charge in [-0.15, -0.1) is 12.4 Å². The van der Waals surface area contributed by atoms with Crippen LogP contribution in [0.3, 0.4) is 0 Å². The number of halogens is 1. The molecule has 2 fully saturated rings. The van der Waals surface area contributed by atoms with Gasteiger partial charge in [-0.05, 0) is 91.9 Å². The fourth-order valence-corrected chi connectivity index (χ4v) is 5.90. The number of phenols is 1. The van der Waals surface area contributed by atoms with Crippen LogP contribution in [0.5, 0.6) is 11.5 Å². The first-order valence-electron chi connectivity index (χ1n) is 9.28. The Kier molecular flexibility index (Phi) is 4.78. The Morgan fingerprint density at radius 2 is 2.04 bits per heavy atom. The molecule has 3 aliphatic rings. The van der Waals surface area contributed by atoms with Crippen LogP contribution in [0.2, 0.25) is 0 Å². The minimum atomic E-state index is 0. The highest BCUT2D eigenvalue weighted by molar-refractivity contribution is 5.85. The van der Waals surface area contributed by atoms with Crippen molar-refractivity contribution in [3.8, 4) is 11.5 Å². The molecule has 0 amide bonds. The molecule has 4 rings (SSSR count). The zero-order valence-corrected chi connectivity index (χ0v) is 15.6. The fourth-order valence-electron chi connectivity index (χ4n) is 5.90. The van der Waals surface area contributed by atoms with E-state index in [0.717, 1.165) is 18.3 Å². The molecule has 0 saturated heterocycles. The van der Waals surface area contributed by atoms with Crippen LogP contribution in [0.25, 0.3) is 0 Å². The van der Waals surface area contributed by atoms with Crippen LogP contribution in [-0.2, 0) is 6.42 Å². The van der Waals surface area contributed by atoms with Gasteiger partial charge in [0.25, 0.3) is 0 Å². The summed E-state index contributed by atoms with van der Waals surface area (Å²) in [4.78, 5) is 0. The molecule has 24 heavy (non-hydrogen) atoms. The number of fused-ring (bicyclic) bond motifs is 5. The van der Waals surface area contributed by atoms with Crippen molar-refractivity contribution >= 4 is 12.4 Å². The van der Waals surface area contributed by atoms with E-state index in [1.54, 1.807) is 0 Å². The minimum Gasteiger partial charge on any atom is -0.504 e. The summed E-state index contributed by atoms with van der Waals surface area (Å²) >= 11 is 0. The number of aromatic hydroxyl groups is 1. The number of benzene rings is 1. The largest absolute Gasteiger partial charge is 0.504 e. The molecular formula is C20H30ClNO2. The highest BCUT2D eigenvalue weighted by Crippen LogP contribution is 2.60. The SMILES string of the molecule is CCOc1cc2c(cc1O)CC[C@@H]1[C@@H]2CC[C@]2(C)C(N)CC[C@@H]12.Cl. The molecule has 3 N–H and O–H groups in total. The Hall–Kier alpha value is -0.930. The van der Waals surface area contributed by atoms with Crippen molar-refractivity contribution in [2.24, 2.45) is 23.0 Å². The first kappa shape index (κ1) is 17.9. The number of ether oxygens (including phenoxy) is 1. The summed E-state index contributed by atoms with van der Waals surface area (Å²) in [5.74, 6) is 3.11. The van der Waals surface area contributed by atoms with E-state index in [9.17, 15) is 5.11 Å². The summed E-state index contributed by atoms with van der Waals surface area (Å²) in [6.45, 7) is 4.99. The van der Waals surface area contributed by atoms with Gasteiger partial charge in [-0.3, -0.25) is 0 Å². The molecule has 0 spiro atoms. The topological polar surface area (TPSA) is 55.5 Å². The van der Waals surface area contributed by atoms with Gasteiger partial charge in [0.15, 0.2) is 11.5 Å². The number of hydrogen-bond acceptors (Lipinski definition) is 3. The van der Waals surface area contributed by atoms with Crippen molar-refractivity contribution in [1.29, 1.82) is 0 Å². The normalized spacial score (nSPS) is 37.0. The molecule has 1 aromatic carbocycles. The van der Waals surface area contributed by atoms with Crippen molar-refractivity contribution in [3.05, 3.63) is 23.3 Å². The third-order valence-corrected chi connectivity index (χ3v) is 7.18. The maximum absolute atomic E-state index is 10.2. The Bertz CT molecular complexity index is 620. The monoisotopic (exact) mass is 351 g/mol. The van der Waals surface area contributed by atoms with Crippen LogP contribution >= 0.6 is 12.4 Å². The zero-order valence-electron chi connectivity index (χ0n) is 14.8. The van der Waals surface area contributed by atoms with E-state index in [2.05, 4.69) is 13.0 Å². The molecule has 3 nitrogen and oxygen atoms in total. The summed E-state index contributed by atoms with van der Waals surface area (Å²) in [5.41, 5.74) is 9.58. The summed E-state index contributed by atoms with van der Waals surface area (Å²) in [6.07, 6.45) is 7.29. The Morgan fingerprint density at radius 3 is 2.79 bits per heavy atom. The minimum absolute atomic E-state index is 0. The zero-order chi connectivity index (χ0) is 16.2. The maximum atomic E-state index is 10.2. The second-order valence-electron chi connectivity index (χ2n) is 8.10. The summed E-state index contributed by atoms with van der Waals surface area (Å²) < 4.78 is 5.64. The summed E-state index contributed by atoms with van der Waals surface area (Å²) in [5, 5.41) is 10.2. The molecule has 1 unspecified atom stereocenters. The Labute approximate surface area is 151 Å². The molecule has 0 radical (unpaired) electrons. The van der Waals surface area contributed by atoms with Crippen LogP contribution in [-0.4, -0.2) is 17.8 Å². The lowest BCUT2D eigenvalue weighted by Crippen LogP contribution is -2.46. The van der Waals surface area contributed by atoms with Gasteiger partial charge in [0.1, 0.15) is 0 Å². The summed E-state index contributed by atoms with van der Waals surface area (Å²) in [6, 6.07) is 4.46. The van der Waals surface area contributed by atoms with E-state index in [1.807, 2.05) is 13.0 Å². The molecule has 0 aromatic heterocycles. The highest BCUT2D eigenvalue weighted by Gasteiger charge is 2.53. The quantitative estimate of drug-likeness (QED) is 0.830. The van der Waals surface area contributed by atoms with Crippen molar-refractivity contribution in [2.75, 3.05) is 6.61 Å². The van der Waals surface area contributed by atoms with Crippen LogP contribution in [0.4, 0.5) is 0 Å². The molecule has 0 heterocycles. The molecule has 134 valence electrons. The predicted octanol–water partition coefficient (Wildman–Crippen LogP) is 4.40. The molecule has 2 saturated carbocycles. The first-order chi connectivity index (χ1) is 11.0. The number of aryl methyl sites for hydroxylation is 1. The second-order valence-corrected chi connectivity index (χ2v) is 8.10. The predicted molar refractivity (Wildman–Crippen MR) is 99.1 cm³/mol. The van der Waals surface area contributed by atoms with Crippen molar-refractivity contribution in [3.63, 3.8) is 0 Å². The van der Waals surface area contributed by atoms with Crippen LogP contribution in [0, 0.1) is 17.3 Å². The first-order valence-corrected chi connectivity index (χ1v) is 9.28. The van der Waals surface area contributed by atoms with E-state index in [1.165, 1.54) is 43.2 Å².